The molecule has 1 atom stereocenters. The van der Waals surface area contributed by atoms with Crippen LogP contribution in [-0.2, 0) is 32.6 Å². The van der Waals surface area contributed by atoms with E-state index in [0.717, 1.165) is 64.0 Å². The lowest BCUT2D eigenvalue weighted by molar-refractivity contribution is -0.141. The van der Waals surface area contributed by atoms with Gasteiger partial charge in [0.2, 0.25) is 21.8 Å². The molecule has 230 valence electrons. The molecule has 0 aromatic heterocycles. The van der Waals surface area contributed by atoms with Crippen LogP contribution in [0.3, 0.4) is 0 Å². The second-order valence-corrected chi connectivity index (χ2v) is 13.7. The van der Waals surface area contributed by atoms with Gasteiger partial charge in [-0.15, -0.1) is 0 Å². The zero-order valence-electron chi connectivity index (χ0n) is 24.0. The van der Waals surface area contributed by atoms with Gasteiger partial charge in [0, 0.05) is 42.5 Å². The van der Waals surface area contributed by atoms with Crippen LogP contribution in [0.15, 0.2) is 77.3 Å². The first-order valence-electron chi connectivity index (χ1n) is 14.3. The molecule has 1 saturated carbocycles. The van der Waals surface area contributed by atoms with E-state index in [4.69, 9.17) is 0 Å². The number of amides is 2. The van der Waals surface area contributed by atoms with Gasteiger partial charge in [-0.2, -0.15) is 0 Å². The summed E-state index contributed by atoms with van der Waals surface area (Å²) in [5.41, 5.74) is 1.70. The number of benzene rings is 3. The van der Waals surface area contributed by atoms with Crippen molar-refractivity contribution in [3.63, 3.8) is 0 Å². The van der Waals surface area contributed by atoms with Crippen molar-refractivity contribution in [2.75, 3.05) is 17.1 Å². The maximum absolute atomic E-state index is 13.9. The summed E-state index contributed by atoms with van der Waals surface area (Å²) in [7, 11) is -3.85. The van der Waals surface area contributed by atoms with Gasteiger partial charge in [0.1, 0.15) is 6.04 Å². The van der Waals surface area contributed by atoms with E-state index in [1.54, 1.807) is 4.90 Å². The number of rotatable bonds is 13. The van der Waals surface area contributed by atoms with Crippen LogP contribution < -0.4 is 9.62 Å². The molecule has 0 heterocycles. The molecule has 3 aromatic rings. The summed E-state index contributed by atoms with van der Waals surface area (Å²) in [5.74, 6) is -2.80. The highest BCUT2D eigenvalue weighted by atomic mass is 79.9. The summed E-state index contributed by atoms with van der Waals surface area (Å²) >= 11 is 3.48. The molecule has 1 aliphatic carbocycles. The molecule has 2 amide bonds. The number of carbonyl (C=O) groups is 2. The molecular weight excluding hydrogens is 640 g/mol. The molecule has 0 radical (unpaired) electrons. The molecule has 0 unspecified atom stereocenters. The van der Waals surface area contributed by atoms with Crippen molar-refractivity contribution in [2.24, 2.45) is 0 Å². The number of hydrogen-bond donors (Lipinski definition) is 1. The van der Waals surface area contributed by atoms with Crippen LogP contribution in [0.5, 0.6) is 0 Å². The lowest BCUT2D eigenvalue weighted by Gasteiger charge is -2.33. The third kappa shape index (κ3) is 9.34. The van der Waals surface area contributed by atoms with Crippen LogP contribution in [0, 0.1) is 11.6 Å². The summed E-state index contributed by atoms with van der Waals surface area (Å²) in [5, 5.41) is 3.16. The summed E-state index contributed by atoms with van der Waals surface area (Å²) in [6.07, 6.45) is 5.20. The first-order valence-corrected chi connectivity index (χ1v) is 17.0. The fraction of sp³-hybridized carbons (Fsp3) is 0.375. The fourth-order valence-electron chi connectivity index (χ4n) is 5.40. The molecule has 4 rings (SSSR count). The number of halogens is 3. The van der Waals surface area contributed by atoms with E-state index in [0.29, 0.717) is 6.42 Å². The number of nitrogens with one attached hydrogen (secondary N) is 1. The van der Waals surface area contributed by atoms with Gasteiger partial charge >= 0.3 is 0 Å². The SMILES string of the molecule is CS(=O)(=O)N(CCCC(=O)N(Cc1cccc(Br)c1)[C@@H](Cc1ccccc1)C(=O)NC1CCCC1)c1ccc(F)c(F)c1. The van der Waals surface area contributed by atoms with Crippen molar-refractivity contribution in [3.05, 3.63) is 100 Å². The first kappa shape index (κ1) is 32.6. The number of sulfonamides is 1. The Morgan fingerprint density at radius 3 is 2.30 bits per heavy atom. The van der Waals surface area contributed by atoms with Crippen molar-refractivity contribution in [2.45, 2.75) is 63.6 Å². The first-order chi connectivity index (χ1) is 20.5. The average molecular weight is 677 g/mol. The molecule has 3 aromatic carbocycles. The van der Waals surface area contributed by atoms with E-state index in [9.17, 15) is 26.8 Å². The lowest BCUT2D eigenvalue weighted by atomic mass is 10.0. The summed E-state index contributed by atoms with van der Waals surface area (Å²) in [4.78, 5) is 29.3. The molecule has 0 saturated heterocycles. The predicted octanol–water partition coefficient (Wildman–Crippen LogP) is 5.97. The highest BCUT2D eigenvalue weighted by Gasteiger charge is 2.32. The Labute approximate surface area is 260 Å². The Morgan fingerprint density at radius 2 is 1.65 bits per heavy atom. The minimum absolute atomic E-state index is 0.0299. The second kappa shape index (κ2) is 14.9. The van der Waals surface area contributed by atoms with Crippen LogP contribution in [0.1, 0.15) is 49.7 Å². The normalized spacial score (nSPS) is 14.3. The zero-order valence-corrected chi connectivity index (χ0v) is 26.4. The van der Waals surface area contributed by atoms with Gasteiger partial charge < -0.3 is 10.2 Å². The Bertz CT molecular complexity index is 1520. The maximum Gasteiger partial charge on any atom is 0.243 e. The number of hydrogen-bond acceptors (Lipinski definition) is 4. The van der Waals surface area contributed by atoms with Gasteiger partial charge in [-0.05, 0) is 54.7 Å². The molecule has 0 aliphatic heterocycles. The van der Waals surface area contributed by atoms with E-state index >= 15 is 0 Å². The van der Waals surface area contributed by atoms with E-state index < -0.39 is 27.7 Å². The lowest BCUT2D eigenvalue weighted by Crippen LogP contribution is -2.52. The van der Waals surface area contributed by atoms with Gasteiger partial charge in [-0.25, -0.2) is 17.2 Å². The van der Waals surface area contributed by atoms with Crippen LogP contribution in [0.4, 0.5) is 14.5 Å². The summed E-state index contributed by atoms with van der Waals surface area (Å²) in [6.45, 7) is 0.0464. The standard InChI is InChI=1S/C32H36BrF2N3O4S/c1-43(41,42)38(27-16-17-28(34)29(35)21-27)18-8-15-31(39)37(22-24-11-7-12-25(33)19-24)30(20-23-9-3-2-4-10-23)32(40)36-26-13-5-6-14-26/h2-4,7,9-12,16-17,19,21,26,30H,5-6,8,13-15,18,20,22H2,1H3,(H,36,40)/t30-/m0/s1. The number of anilines is 1. The van der Waals surface area contributed by atoms with Crippen molar-refractivity contribution in [3.8, 4) is 0 Å². The van der Waals surface area contributed by atoms with E-state index in [-0.39, 0.29) is 49.5 Å². The Morgan fingerprint density at radius 1 is 0.953 bits per heavy atom. The molecular formula is C32H36BrF2N3O4S. The largest absolute Gasteiger partial charge is 0.352 e. The Kier molecular flexibility index (Phi) is 11.3. The Balaban J connectivity index is 1.59. The van der Waals surface area contributed by atoms with Gasteiger partial charge in [0.05, 0.1) is 11.9 Å². The molecule has 11 heteroatoms. The quantitative estimate of drug-likeness (QED) is 0.242. The molecule has 7 nitrogen and oxygen atoms in total. The molecule has 1 aliphatic rings. The van der Waals surface area contributed by atoms with Crippen LogP contribution in [-0.4, -0.2) is 50.0 Å². The fourth-order valence-corrected chi connectivity index (χ4v) is 6.80. The third-order valence-electron chi connectivity index (χ3n) is 7.56. The highest BCUT2D eigenvalue weighted by Crippen LogP contribution is 2.24. The Hall–Kier alpha value is -3.31. The smallest absolute Gasteiger partial charge is 0.243 e. The van der Waals surface area contributed by atoms with E-state index in [1.807, 2.05) is 54.6 Å². The predicted molar refractivity (Wildman–Crippen MR) is 167 cm³/mol. The molecule has 0 spiro atoms. The van der Waals surface area contributed by atoms with Crippen molar-refractivity contribution < 1.29 is 26.8 Å². The van der Waals surface area contributed by atoms with Gasteiger partial charge in [-0.1, -0.05) is 71.2 Å². The molecule has 43 heavy (non-hydrogen) atoms. The van der Waals surface area contributed by atoms with Gasteiger partial charge in [0.25, 0.3) is 0 Å². The topological polar surface area (TPSA) is 86.8 Å². The van der Waals surface area contributed by atoms with E-state index in [2.05, 4.69) is 21.2 Å². The van der Waals surface area contributed by atoms with Crippen LogP contribution in [0.25, 0.3) is 0 Å². The molecule has 1 N–H and O–H groups in total. The second-order valence-electron chi connectivity index (χ2n) is 10.9. The molecule has 0 bridgehead atoms. The average Bonchev–Trinajstić information content (AvgIpc) is 3.47. The number of carbonyl (C=O) groups excluding carboxylic acids is 2. The summed E-state index contributed by atoms with van der Waals surface area (Å²) in [6, 6.07) is 19.2. The molecule has 1 fully saturated rings. The van der Waals surface area contributed by atoms with E-state index in [1.165, 1.54) is 6.07 Å². The zero-order chi connectivity index (χ0) is 31.0. The number of nitrogens with zero attached hydrogens (tertiary/aromatic N) is 2. The summed E-state index contributed by atoms with van der Waals surface area (Å²) < 4.78 is 54.3. The maximum atomic E-state index is 13.9. The third-order valence-corrected chi connectivity index (χ3v) is 9.25. The minimum Gasteiger partial charge on any atom is -0.352 e. The monoisotopic (exact) mass is 675 g/mol. The van der Waals surface area contributed by atoms with Gasteiger partial charge in [-0.3, -0.25) is 13.9 Å². The van der Waals surface area contributed by atoms with Gasteiger partial charge in [0.15, 0.2) is 11.6 Å². The van der Waals surface area contributed by atoms with Crippen LogP contribution in [0.2, 0.25) is 0 Å². The minimum atomic E-state index is -3.85. The van der Waals surface area contributed by atoms with Crippen molar-refractivity contribution in [1.82, 2.24) is 10.2 Å². The highest BCUT2D eigenvalue weighted by molar-refractivity contribution is 9.10. The van der Waals surface area contributed by atoms with Crippen molar-refractivity contribution >= 4 is 43.5 Å². The van der Waals surface area contributed by atoms with Crippen molar-refractivity contribution in [1.29, 1.82) is 0 Å². The van der Waals surface area contributed by atoms with Crippen LogP contribution >= 0.6 is 15.9 Å².